The van der Waals surface area contributed by atoms with Gasteiger partial charge in [0.25, 0.3) is 5.91 Å². The van der Waals surface area contributed by atoms with Gasteiger partial charge in [-0.3, -0.25) is 4.79 Å². The number of aromatic nitrogens is 2. The number of pyridine rings is 1. The Hall–Kier alpha value is -4.39. The number of anilines is 2. The second kappa shape index (κ2) is 10.3. The normalized spacial score (nSPS) is 11.2. The molecule has 0 saturated heterocycles. The molecule has 0 spiro atoms. The maximum atomic E-state index is 13.4. The first-order valence-corrected chi connectivity index (χ1v) is 11.4. The molecule has 2 heterocycles. The molecule has 0 aliphatic heterocycles. The maximum Gasteiger partial charge on any atom is 0.252 e. The molecule has 1 amide bonds. The minimum absolute atomic E-state index is 0.288. The summed E-state index contributed by atoms with van der Waals surface area (Å²) in [6.45, 7) is 8.62. The van der Waals surface area contributed by atoms with Crippen LogP contribution in [0.3, 0.4) is 0 Å². The Morgan fingerprint density at radius 2 is 2.03 bits per heavy atom. The molecule has 2 aromatic heterocycles. The fourth-order valence-corrected chi connectivity index (χ4v) is 4.20. The first-order valence-electron chi connectivity index (χ1n) is 11.4. The van der Waals surface area contributed by atoms with Crippen molar-refractivity contribution in [1.82, 2.24) is 14.9 Å². The first-order chi connectivity index (χ1) is 16.9. The van der Waals surface area contributed by atoms with Gasteiger partial charge >= 0.3 is 0 Å². The molecule has 7 heteroatoms. The van der Waals surface area contributed by atoms with Crippen LogP contribution in [0.1, 0.15) is 35.3 Å². The number of hydrogen-bond donors (Lipinski definition) is 3. The average Bonchev–Trinajstić information content (AvgIpc) is 3.29. The number of aromatic amines is 1. The summed E-state index contributed by atoms with van der Waals surface area (Å²) in [5.74, 6) is -0.885. The van der Waals surface area contributed by atoms with Crippen LogP contribution in [0.5, 0.6) is 0 Å². The molecule has 0 atom stereocenters. The zero-order chi connectivity index (χ0) is 24.9. The van der Waals surface area contributed by atoms with Gasteiger partial charge in [-0.2, -0.15) is 0 Å². The van der Waals surface area contributed by atoms with Crippen LogP contribution in [0.4, 0.5) is 15.8 Å². The Kier molecular flexibility index (Phi) is 6.96. The van der Waals surface area contributed by atoms with E-state index in [0.717, 1.165) is 39.9 Å². The molecule has 0 fully saturated rings. The monoisotopic (exact) mass is 469 g/mol. The highest BCUT2D eigenvalue weighted by molar-refractivity contribution is 6.08. The van der Waals surface area contributed by atoms with Gasteiger partial charge in [-0.25, -0.2) is 9.37 Å². The highest BCUT2D eigenvalue weighted by Gasteiger charge is 2.18. The Balaban J connectivity index is 1.81. The molecule has 0 saturated carbocycles. The van der Waals surface area contributed by atoms with E-state index in [1.165, 1.54) is 18.3 Å². The van der Waals surface area contributed by atoms with Crippen LogP contribution in [0.25, 0.3) is 22.3 Å². The molecule has 4 aromatic rings. The van der Waals surface area contributed by atoms with Crippen molar-refractivity contribution in [2.75, 3.05) is 5.32 Å². The third-order valence-corrected chi connectivity index (χ3v) is 5.89. The van der Waals surface area contributed by atoms with E-state index in [1.807, 2.05) is 42.3 Å². The largest absolute Gasteiger partial charge is 0.365 e. The SMILES string of the molecule is C=CN(/C=C\C)Cc1cccc(Nc2c(C(N)=O)cnc3[nH]c(-c4ccc(F)cc4)cc23)c1CC. The standard InChI is InChI=1S/C28H28FN5O/c1-4-14-34(6-3)17-19-8-7-9-24(21(19)5-2)32-26-22-15-25(18-10-12-20(29)13-11-18)33-28(22)31-16-23(26)27(30)35/h4,6-16H,3,5,17H2,1-2H3,(H2,30,35)(H2,31,32,33)/b14-4-. The van der Waals surface area contributed by atoms with Crippen molar-refractivity contribution in [3.05, 3.63) is 102 Å². The van der Waals surface area contributed by atoms with E-state index in [2.05, 4.69) is 34.9 Å². The Morgan fingerprint density at radius 3 is 2.69 bits per heavy atom. The van der Waals surface area contributed by atoms with E-state index in [-0.39, 0.29) is 11.4 Å². The molecule has 0 unspecified atom stereocenters. The molecule has 6 nitrogen and oxygen atoms in total. The van der Waals surface area contributed by atoms with E-state index in [9.17, 15) is 9.18 Å². The smallest absolute Gasteiger partial charge is 0.252 e. The molecule has 0 aliphatic carbocycles. The van der Waals surface area contributed by atoms with Gasteiger partial charge < -0.3 is 20.9 Å². The van der Waals surface area contributed by atoms with E-state index < -0.39 is 5.91 Å². The predicted octanol–water partition coefficient (Wildman–Crippen LogP) is 6.25. The number of primary amides is 1. The van der Waals surface area contributed by atoms with Crippen LogP contribution < -0.4 is 11.1 Å². The first kappa shape index (κ1) is 23.8. The fraction of sp³-hybridized carbons (Fsp3) is 0.143. The minimum atomic E-state index is -0.577. The van der Waals surface area contributed by atoms with Gasteiger partial charge in [0.1, 0.15) is 11.5 Å². The molecule has 0 aliphatic rings. The lowest BCUT2D eigenvalue weighted by atomic mass is 10.0. The van der Waals surface area contributed by atoms with Crippen molar-refractivity contribution in [2.45, 2.75) is 26.8 Å². The molecular formula is C28H28FN5O. The number of halogens is 1. The number of nitrogens with two attached hydrogens (primary N) is 1. The summed E-state index contributed by atoms with van der Waals surface area (Å²) in [5.41, 5.74) is 11.9. The molecule has 4 N–H and O–H groups in total. The van der Waals surface area contributed by atoms with E-state index in [1.54, 1.807) is 18.3 Å². The van der Waals surface area contributed by atoms with Crippen LogP contribution >= 0.6 is 0 Å². The number of allylic oxidation sites excluding steroid dienone is 1. The molecule has 4 rings (SSSR count). The van der Waals surface area contributed by atoms with Gasteiger partial charge in [-0.15, -0.1) is 0 Å². The number of carbonyl (C=O) groups excluding carboxylic acids is 1. The van der Waals surface area contributed by atoms with Crippen molar-refractivity contribution in [3.63, 3.8) is 0 Å². The quantitative estimate of drug-likeness (QED) is 0.270. The van der Waals surface area contributed by atoms with Gasteiger partial charge in [0.05, 0.1) is 11.3 Å². The number of fused-ring (bicyclic) bond motifs is 1. The number of hydrogen-bond acceptors (Lipinski definition) is 4. The van der Waals surface area contributed by atoms with Crippen LogP contribution in [0.15, 0.2) is 79.8 Å². The fourth-order valence-electron chi connectivity index (χ4n) is 4.20. The molecule has 0 bridgehead atoms. The Labute approximate surface area is 204 Å². The molecule has 35 heavy (non-hydrogen) atoms. The van der Waals surface area contributed by atoms with E-state index in [4.69, 9.17) is 5.73 Å². The van der Waals surface area contributed by atoms with E-state index in [0.29, 0.717) is 17.9 Å². The summed E-state index contributed by atoms with van der Waals surface area (Å²) in [5, 5.41) is 4.19. The second-order valence-electron chi connectivity index (χ2n) is 8.12. The highest BCUT2D eigenvalue weighted by atomic mass is 19.1. The number of rotatable bonds is 9. The van der Waals surface area contributed by atoms with Crippen molar-refractivity contribution in [1.29, 1.82) is 0 Å². The lowest BCUT2D eigenvalue weighted by molar-refractivity contribution is 0.100. The number of benzene rings is 2. The number of carbonyl (C=O) groups is 1. The predicted molar refractivity (Wildman–Crippen MR) is 140 cm³/mol. The second-order valence-corrected chi connectivity index (χ2v) is 8.12. The highest BCUT2D eigenvalue weighted by Crippen LogP contribution is 2.34. The number of H-pyrrole nitrogens is 1. The minimum Gasteiger partial charge on any atom is -0.365 e. The number of amides is 1. The zero-order valence-corrected chi connectivity index (χ0v) is 19.8. The zero-order valence-electron chi connectivity index (χ0n) is 19.8. The van der Waals surface area contributed by atoms with Crippen LogP contribution in [0.2, 0.25) is 0 Å². The van der Waals surface area contributed by atoms with Gasteiger partial charge in [-0.05, 0) is 78.8 Å². The Morgan fingerprint density at radius 1 is 1.26 bits per heavy atom. The van der Waals surface area contributed by atoms with Gasteiger partial charge in [-0.1, -0.05) is 31.7 Å². The summed E-state index contributed by atoms with van der Waals surface area (Å²) in [6.07, 6.45) is 7.98. The molecule has 2 aromatic carbocycles. The summed E-state index contributed by atoms with van der Waals surface area (Å²) < 4.78 is 13.4. The third kappa shape index (κ3) is 4.94. The lowest BCUT2D eigenvalue weighted by Gasteiger charge is -2.21. The molecule has 0 radical (unpaired) electrons. The van der Waals surface area contributed by atoms with Gasteiger partial charge in [0.2, 0.25) is 0 Å². The van der Waals surface area contributed by atoms with Crippen molar-refractivity contribution < 1.29 is 9.18 Å². The number of nitrogens with zero attached hydrogens (tertiary/aromatic N) is 2. The topological polar surface area (TPSA) is 87.0 Å². The van der Waals surface area contributed by atoms with Crippen molar-refractivity contribution >= 4 is 28.3 Å². The summed E-state index contributed by atoms with van der Waals surface area (Å²) in [4.78, 5) is 22.0. The average molecular weight is 470 g/mol. The molecule has 178 valence electrons. The lowest BCUT2D eigenvalue weighted by Crippen LogP contribution is -2.15. The van der Waals surface area contributed by atoms with Gasteiger partial charge in [0.15, 0.2) is 0 Å². The van der Waals surface area contributed by atoms with Gasteiger partial charge in [0, 0.05) is 29.5 Å². The van der Waals surface area contributed by atoms with E-state index >= 15 is 0 Å². The summed E-state index contributed by atoms with van der Waals surface area (Å²) >= 11 is 0. The number of nitrogens with one attached hydrogen (secondary N) is 2. The van der Waals surface area contributed by atoms with Crippen LogP contribution in [-0.2, 0) is 13.0 Å². The summed E-state index contributed by atoms with van der Waals surface area (Å²) in [7, 11) is 0. The summed E-state index contributed by atoms with van der Waals surface area (Å²) in [6, 6.07) is 14.1. The Bertz CT molecular complexity index is 1410. The maximum absolute atomic E-state index is 13.4. The molecular weight excluding hydrogens is 441 g/mol. The van der Waals surface area contributed by atoms with Crippen molar-refractivity contribution in [3.8, 4) is 11.3 Å². The van der Waals surface area contributed by atoms with Crippen LogP contribution in [0, 0.1) is 5.82 Å². The van der Waals surface area contributed by atoms with Crippen molar-refractivity contribution in [2.24, 2.45) is 5.73 Å². The van der Waals surface area contributed by atoms with Crippen LogP contribution in [-0.4, -0.2) is 20.8 Å². The third-order valence-electron chi connectivity index (χ3n) is 5.89.